The van der Waals surface area contributed by atoms with Crippen LogP contribution < -0.4 is 5.32 Å². The predicted molar refractivity (Wildman–Crippen MR) is 84.2 cm³/mol. The van der Waals surface area contributed by atoms with Gasteiger partial charge in [0.25, 0.3) is 11.7 Å². The van der Waals surface area contributed by atoms with E-state index in [0.29, 0.717) is 28.1 Å². The number of nitrogens with one attached hydrogen (secondary N) is 1. The minimum Gasteiger partial charge on any atom is -0.349 e. The van der Waals surface area contributed by atoms with Crippen LogP contribution in [0.3, 0.4) is 0 Å². The van der Waals surface area contributed by atoms with Crippen molar-refractivity contribution in [3.05, 3.63) is 29.8 Å². The predicted octanol–water partition coefficient (Wildman–Crippen LogP) is 4.56. The van der Waals surface area contributed by atoms with Gasteiger partial charge in [-0.1, -0.05) is 30.3 Å². The number of halogens is 2. The lowest BCUT2D eigenvalue weighted by atomic mass is 9.84. The lowest BCUT2D eigenvalue weighted by molar-refractivity contribution is 0.0912. The van der Waals surface area contributed by atoms with Gasteiger partial charge in [-0.3, -0.25) is 4.79 Å². The number of hydrogen-bond donors (Lipinski definition) is 1. The molecule has 0 spiro atoms. The molecule has 0 unspecified atom stereocenters. The number of carbonyl (C=O) groups excluding carboxylic acids is 1. The van der Waals surface area contributed by atoms with Crippen LogP contribution >= 0.6 is 11.8 Å². The van der Waals surface area contributed by atoms with E-state index < -0.39 is 5.76 Å². The molecule has 2 fully saturated rings. The summed E-state index contributed by atoms with van der Waals surface area (Å²) in [6.07, 6.45) is 5.09. The quantitative estimate of drug-likeness (QED) is 0.804. The van der Waals surface area contributed by atoms with Crippen LogP contribution in [0.25, 0.3) is 0 Å². The van der Waals surface area contributed by atoms with Crippen LogP contribution in [0.1, 0.15) is 43.0 Å². The van der Waals surface area contributed by atoms with Gasteiger partial charge in [0, 0.05) is 10.9 Å². The molecule has 2 aliphatic rings. The van der Waals surface area contributed by atoms with E-state index in [4.69, 9.17) is 0 Å². The van der Waals surface area contributed by atoms with Gasteiger partial charge in [-0.2, -0.15) is 8.78 Å². The first kappa shape index (κ1) is 15.8. The van der Waals surface area contributed by atoms with Gasteiger partial charge < -0.3 is 5.32 Å². The smallest absolute Gasteiger partial charge is 0.288 e. The van der Waals surface area contributed by atoms with Crippen LogP contribution in [-0.2, 0) is 0 Å². The fourth-order valence-corrected chi connectivity index (χ4v) is 4.79. The molecule has 0 aliphatic heterocycles. The van der Waals surface area contributed by atoms with Crippen LogP contribution in [-0.4, -0.2) is 17.7 Å². The van der Waals surface area contributed by atoms with Crippen molar-refractivity contribution in [1.29, 1.82) is 0 Å². The summed E-state index contributed by atoms with van der Waals surface area (Å²) in [6, 6.07) is 6.70. The molecule has 1 aromatic rings. The molecular formula is C17H21F2NOS. The Hall–Kier alpha value is -1.10. The average molecular weight is 325 g/mol. The monoisotopic (exact) mass is 325 g/mol. The highest BCUT2D eigenvalue weighted by Crippen LogP contribution is 2.49. The lowest BCUT2D eigenvalue weighted by Gasteiger charge is -2.28. The van der Waals surface area contributed by atoms with Gasteiger partial charge in [-0.05, 0) is 56.1 Å². The Morgan fingerprint density at radius 1 is 1.27 bits per heavy atom. The number of alkyl halides is 2. The molecule has 1 aromatic carbocycles. The molecule has 0 heterocycles. The van der Waals surface area contributed by atoms with E-state index in [1.165, 1.54) is 25.7 Å². The second-order valence-electron chi connectivity index (χ2n) is 6.48. The molecule has 2 bridgehead atoms. The van der Waals surface area contributed by atoms with Crippen LogP contribution in [0.5, 0.6) is 0 Å². The summed E-state index contributed by atoms with van der Waals surface area (Å²) in [5, 5.41) is 3.04. The largest absolute Gasteiger partial charge is 0.349 e. The zero-order chi connectivity index (χ0) is 15.7. The summed E-state index contributed by atoms with van der Waals surface area (Å²) >= 11 is 0.431. The molecule has 3 rings (SSSR count). The van der Waals surface area contributed by atoms with Crippen molar-refractivity contribution in [3.63, 3.8) is 0 Å². The fraction of sp³-hybridized carbons (Fsp3) is 0.588. The van der Waals surface area contributed by atoms with Crippen molar-refractivity contribution in [2.45, 2.75) is 49.3 Å². The van der Waals surface area contributed by atoms with Gasteiger partial charge >= 0.3 is 0 Å². The maximum Gasteiger partial charge on any atom is 0.288 e. The van der Waals surface area contributed by atoms with E-state index in [0.717, 1.165) is 11.8 Å². The van der Waals surface area contributed by atoms with Crippen molar-refractivity contribution in [1.82, 2.24) is 5.32 Å². The minimum absolute atomic E-state index is 0.104. The van der Waals surface area contributed by atoms with Crippen molar-refractivity contribution >= 4 is 17.7 Å². The van der Waals surface area contributed by atoms with E-state index >= 15 is 0 Å². The maximum absolute atomic E-state index is 12.6. The van der Waals surface area contributed by atoms with E-state index in [-0.39, 0.29) is 11.9 Å². The number of carbonyl (C=O) groups is 1. The third-order valence-corrected chi connectivity index (χ3v) is 5.93. The van der Waals surface area contributed by atoms with E-state index in [2.05, 4.69) is 5.32 Å². The first-order valence-electron chi connectivity index (χ1n) is 7.89. The molecule has 22 heavy (non-hydrogen) atoms. The SMILES string of the molecule is C[C@H](NC(=O)c1ccccc1SC(F)F)[C@@H]1C[C@H]2CC[C@H]1C2. The average Bonchev–Trinajstić information content (AvgIpc) is 3.09. The van der Waals surface area contributed by atoms with E-state index in [9.17, 15) is 13.6 Å². The third-order valence-electron chi connectivity index (χ3n) is 5.14. The second kappa shape index (κ2) is 6.57. The highest BCUT2D eigenvalue weighted by molar-refractivity contribution is 7.99. The van der Waals surface area contributed by atoms with Crippen LogP contribution in [0.15, 0.2) is 29.2 Å². The van der Waals surface area contributed by atoms with Gasteiger partial charge in [0.2, 0.25) is 0 Å². The maximum atomic E-state index is 12.6. The Balaban J connectivity index is 1.67. The zero-order valence-corrected chi connectivity index (χ0v) is 13.4. The van der Waals surface area contributed by atoms with Crippen molar-refractivity contribution in [2.75, 3.05) is 0 Å². The Kier molecular flexibility index (Phi) is 4.71. The van der Waals surface area contributed by atoms with Crippen LogP contribution in [0.2, 0.25) is 0 Å². The lowest BCUT2D eigenvalue weighted by Crippen LogP contribution is -2.40. The molecular weight excluding hydrogens is 304 g/mol. The number of benzene rings is 1. The number of thioether (sulfide) groups is 1. The molecule has 2 saturated carbocycles. The molecule has 1 amide bonds. The van der Waals surface area contributed by atoms with Gasteiger partial charge in [0.1, 0.15) is 0 Å². The minimum atomic E-state index is -2.52. The number of fused-ring (bicyclic) bond motifs is 2. The van der Waals surface area contributed by atoms with Crippen molar-refractivity contribution in [2.24, 2.45) is 17.8 Å². The number of hydrogen-bond acceptors (Lipinski definition) is 2. The molecule has 1 N–H and O–H groups in total. The van der Waals surface area contributed by atoms with E-state index in [1.807, 2.05) is 6.92 Å². The van der Waals surface area contributed by atoms with Crippen molar-refractivity contribution < 1.29 is 13.6 Å². The molecule has 4 atom stereocenters. The van der Waals surface area contributed by atoms with Crippen LogP contribution in [0, 0.1) is 17.8 Å². The molecule has 2 nitrogen and oxygen atoms in total. The molecule has 2 aliphatic carbocycles. The standard InChI is InChI=1S/C17H21F2NOS/c1-10(14-9-11-6-7-12(14)8-11)20-16(21)13-4-2-3-5-15(13)22-17(18)19/h2-5,10-12,14,17H,6-9H2,1H3,(H,20,21)/t10-,11-,12-,14-/m0/s1. The Morgan fingerprint density at radius 3 is 2.68 bits per heavy atom. The molecule has 0 aromatic heterocycles. The first-order chi connectivity index (χ1) is 10.5. The van der Waals surface area contributed by atoms with Crippen molar-refractivity contribution in [3.8, 4) is 0 Å². The molecule has 5 heteroatoms. The molecule has 120 valence electrons. The molecule has 0 saturated heterocycles. The number of rotatable bonds is 5. The summed E-state index contributed by atoms with van der Waals surface area (Å²) in [7, 11) is 0. The number of amides is 1. The zero-order valence-electron chi connectivity index (χ0n) is 12.6. The molecule has 0 radical (unpaired) electrons. The van der Waals surface area contributed by atoms with Crippen LogP contribution in [0.4, 0.5) is 8.78 Å². The third kappa shape index (κ3) is 3.29. The summed E-state index contributed by atoms with van der Waals surface area (Å²) in [5.74, 6) is -0.657. The summed E-state index contributed by atoms with van der Waals surface area (Å²) in [4.78, 5) is 12.8. The Morgan fingerprint density at radius 2 is 2.05 bits per heavy atom. The van der Waals surface area contributed by atoms with Gasteiger partial charge in [-0.15, -0.1) is 0 Å². The second-order valence-corrected chi connectivity index (χ2v) is 7.51. The Bertz CT molecular complexity index is 551. The summed E-state index contributed by atoms with van der Waals surface area (Å²) < 4.78 is 25.2. The summed E-state index contributed by atoms with van der Waals surface area (Å²) in [6.45, 7) is 2.05. The van der Waals surface area contributed by atoms with Gasteiger partial charge in [0.05, 0.1) is 5.56 Å². The normalized spacial score (nSPS) is 28.1. The fourth-order valence-electron chi connectivity index (χ4n) is 4.15. The highest BCUT2D eigenvalue weighted by Gasteiger charge is 2.42. The highest BCUT2D eigenvalue weighted by atomic mass is 32.2. The van der Waals surface area contributed by atoms with E-state index in [1.54, 1.807) is 24.3 Å². The first-order valence-corrected chi connectivity index (χ1v) is 8.77. The van der Waals surface area contributed by atoms with Gasteiger partial charge in [0.15, 0.2) is 0 Å². The topological polar surface area (TPSA) is 29.1 Å². The Labute approximate surface area is 134 Å². The van der Waals surface area contributed by atoms with Gasteiger partial charge in [-0.25, -0.2) is 0 Å². The summed E-state index contributed by atoms with van der Waals surface area (Å²) in [5.41, 5.74) is 0.350.